The van der Waals surface area contributed by atoms with Crippen molar-refractivity contribution in [3.05, 3.63) is 0 Å². The summed E-state index contributed by atoms with van der Waals surface area (Å²) in [5.41, 5.74) is 0. The number of carbonyl (C=O) groups excluding carboxylic acids is 3. The topological polar surface area (TPSA) is 57.7 Å². The molecule has 1 rings (SSSR count). The van der Waals surface area contributed by atoms with Gasteiger partial charge in [-0.3, -0.25) is 9.69 Å². The molecule has 0 aromatic heterocycles. The van der Waals surface area contributed by atoms with E-state index in [2.05, 4.69) is 0 Å². The van der Waals surface area contributed by atoms with Crippen LogP contribution in [-0.4, -0.2) is 47.2 Å². The van der Waals surface area contributed by atoms with Crippen LogP contribution in [0.3, 0.4) is 0 Å². The molecule has 1 aliphatic heterocycles. The molecule has 0 N–H and O–H groups in total. The monoisotopic (exact) mass is 198 g/mol. The van der Waals surface area contributed by atoms with Gasteiger partial charge in [0.2, 0.25) is 0 Å². The third-order valence-corrected chi connectivity index (χ3v) is 2.10. The Morgan fingerprint density at radius 2 is 2.07 bits per heavy atom. The predicted octanol–water partition coefficient (Wildman–Crippen LogP) is 0.248. The van der Waals surface area contributed by atoms with Crippen LogP contribution in [0.4, 0.5) is 4.79 Å². The molecule has 78 valence electrons. The van der Waals surface area contributed by atoms with Crippen molar-refractivity contribution < 1.29 is 14.4 Å². The summed E-state index contributed by atoms with van der Waals surface area (Å²) in [6.45, 7) is 4.01. The summed E-state index contributed by atoms with van der Waals surface area (Å²) in [7, 11) is 0. The van der Waals surface area contributed by atoms with Crippen LogP contribution in [-0.2, 0) is 9.59 Å². The lowest BCUT2D eigenvalue weighted by atomic mass is 10.3. The van der Waals surface area contributed by atoms with Crippen LogP contribution in [0.2, 0.25) is 0 Å². The van der Waals surface area contributed by atoms with Crippen LogP contribution in [0.15, 0.2) is 0 Å². The van der Waals surface area contributed by atoms with Crippen molar-refractivity contribution in [1.29, 1.82) is 0 Å². The number of nitrogens with zero attached hydrogens (tertiary/aromatic N) is 2. The lowest BCUT2D eigenvalue weighted by Gasteiger charge is -2.19. The second-order valence-corrected chi connectivity index (χ2v) is 3.52. The van der Waals surface area contributed by atoms with Gasteiger partial charge in [-0.2, -0.15) is 0 Å². The van der Waals surface area contributed by atoms with E-state index in [1.165, 1.54) is 9.80 Å². The second kappa shape index (κ2) is 4.21. The first kappa shape index (κ1) is 10.7. The molecule has 0 aromatic carbocycles. The quantitative estimate of drug-likeness (QED) is 0.480. The molecular weight excluding hydrogens is 184 g/mol. The first-order valence-electron chi connectivity index (χ1n) is 4.62. The van der Waals surface area contributed by atoms with E-state index in [-0.39, 0.29) is 30.9 Å². The molecule has 1 saturated heterocycles. The smallest absolute Gasteiger partial charge is 0.315 e. The maximum absolute atomic E-state index is 11.6. The molecule has 0 atom stereocenters. The molecule has 0 unspecified atom stereocenters. The van der Waals surface area contributed by atoms with E-state index < -0.39 is 0 Å². The minimum absolute atomic E-state index is 0.102. The highest BCUT2D eigenvalue weighted by molar-refractivity contribution is 6.02. The van der Waals surface area contributed by atoms with Gasteiger partial charge in [-0.1, -0.05) is 0 Å². The van der Waals surface area contributed by atoms with Crippen LogP contribution in [0, 0.1) is 0 Å². The van der Waals surface area contributed by atoms with Crippen LogP contribution in [0.25, 0.3) is 0 Å². The highest BCUT2D eigenvalue weighted by Gasteiger charge is 2.36. The van der Waals surface area contributed by atoms with Gasteiger partial charge in [0.25, 0.3) is 5.91 Å². The van der Waals surface area contributed by atoms with Gasteiger partial charge < -0.3 is 9.69 Å². The summed E-state index contributed by atoms with van der Waals surface area (Å²) >= 11 is 0. The molecule has 0 aliphatic carbocycles. The highest BCUT2D eigenvalue weighted by atomic mass is 16.2. The fourth-order valence-electron chi connectivity index (χ4n) is 1.46. The molecule has 3 amide bonds. The number of hydrogen-bond donors (Lipinski definition) is 0. The maximum atomic E-state index is 11.6. The van der Waals surface area contributed by atoms with Gasteiger partial charge in [0.15, 0.2) is 0 Å². The Morgan fingerprint density at radius 3 is 2.50 bits per heavy atom. The molecule has 0 aromatic rings. The van der Waals surface area contributed by atoms with Gasteiger partial charge >= 0.3 is 6.03 Å². The standard InChI is InChI=1S/C9H14N2O3/c1-7(2)11-8(13)6-10(9(11)14)4-3-5-12/h5,7H,3-4,6H2,1-2H3. The third-order valence-electron chi connectivity index (χ3n) is 2.10. The fraction of sp³-hybridized carbons (Fsp3) is 0.667. The normalized spacial score (nSPS) is 17.1. The number of amides is 3. The van der Waals surface area contributed by atoms with Crippen molar-refractivity contribution in [2.24, 2.45) is 0 Å². The molecule has 1 fully saturated rings. The molecule has 1 aliphatic rings. The zero-order valence-corrected chi connectivity index (χ0v) is 8.40. The van der Waals surface area contributed by atoms with E-state index in [0.29, 0.717) is 6.54 Å². The van der Waals surface area contributed by atoms with Gasteiger partial charge in [0.1, 0.15) is 12.8 Å². The SMILES string of the molecule is CC(C)N1C(=O)CN(CCC=O)C1=O. The zero-order chi connectivity index (χ0) is 10.7. The lowest BCUT2D eigenvalue weighted by Crippen LogP contribution is -2.38. The summed E-state index contributed by atoms with van der Waals surface area (Å²) < 4.78 is 0. The molecule has 0 radical (unpaired) electrons. The lowest BCUT2D eigenvalue weighted by molar-refractivity contribution is -0.126. The number of aldehydes is 1. The third kappa shape index (κ3) is 1.92. The predicted molar refractivity (Wildman–Crippen MR) is 49.6 cm³/mol. The molecule has 0 bridgehead atoms. The van der Waals surface area contributed by atoms with Crippen molar-refractivity contribution in [1.82, 2.24) is 9.80 Å². The van der Waals surface area contributed by atoms with E-state index >= 15 is 0 Å². The van der Waals surface area contributed by atoms with E-state index in [0.717, 1.165) is 6.29 Å². The Morgan fingerprint density at radius 1 is 1.43 bits per heavy atom. The summed E-state index contributed by atoms with van der Waals surface area (Å²) in [4.78, 5) is 35.7. The van der Waals surface area contributed by atoms with Gasteiger partial charge in [0.05, 0.1) is 0 Å². The van der Waals surface area contributed by atoms with Crippen molar-refractivity contribution >= 4 is 18.2 Å². The van der Waals surface area contributed by atoms with Crippen molar-refractivity contribution in [3.63, 3.8) is 0 Å². The van der Waals surface area contributed by atoms with E-state index in [9.17, 15) is 14.4 Å². The van der Waals surface area contributed by atoms with Crippen LogP contribution >= 0.6 is 0 Å². The van der Waals surface area contributed by atoms with Crippen molar-refractivity contribution in [3.8, 4) is 0 Å². The van der Waals surface area contributed by atoms with Gasteiger partial charge in [-0.25, -0.2) is 4.79 Å². The Kier molecular flexibility index (Phi) is 3.22. The summed E-state index contributed by atoms with van der Waals surface area (Å²) in [5, 5.41) is 0. The van der Waals surface area contributed by atoms with E-state index in [1.807, 2.05) is 0 Å². The van der Waals surface area contributed by atoms with Crippen LogP contribution < -0.4 is 0 Å². The molecule has 5 nitrogen and oxygen atoms in total. The Labute approximate surface area is 82.7 Å². The summed E-state index contributed by atoms with van der Waals surface area (Å²) in [6.07, 6.45) is 1.03. The molecular formula is C9H14N2O3. The summed E-state index contributed by atoms with van der Waals surface area (Å²) in [6, 6.07) is -0.400. The fourth-order valence-corrected chi connectivity index (χ4v) is 1.46. The first-order chi connectivity index (χ1) is 6.57. The number of hydrogen-bond acceptors (Lipinski definition) is 3. The van der Waals surface area contributed by atoms with E-state index in [4.69, 9.17) is 0 Å². The molecule has 5 heteroatoms. The highest BCUT2D eigenvalue weighted by Crippen LogP contribution is 2.13. The first-order valence-corrected chi connectivity index (χ1v) is 4.62. The second-order valence-electron chi connectivity index (χ2n) is 3.52. The Balaban J connectivity index is 2.64. The molecule has 14 heavy (non-hydrogen) atoms. The van der Waals surface area contributed by atoms with E-state index in [1.54, 1.807) is 13.8 Å². The van der Waals surface area contributed by atoms with Gasteiger partial charge in [-0.15, -0.1) is 0 Å². The van der Waals surface area contributed by atoms with Crippen LogP contribution in [0.1, 0.15) is 20.3 Å². The zero-order valence-electron chi connectivity index (χ0n) is 8.40. The van der Waals surface area contributed by atoms with Gasteiger partial charge in [0, 0.05) is 19.0 Å². The molecule has 0 saturated carbocycles. The number of imide groups is 1. The largest absolute Gasteiger partial charge is 0.327 e. The minimum Gasteiger partial charge on any atom is -0.315 e. The molecule has 1 heterocycles. The summed E-state index contributed by atoms with van der Waals surface area (Å²) in [5.74, 6) is -0.184. The molecule has 0 spiro atoms. The average molecular weight is 198 g/mol. The number of carbonyl (C=O) groups is 3. The number of urea groups is 1. The Bertz CT molecular complexity index is 263. The van der Waals surface area contributed by atoms with Crippen LogP contribution in [0.5, 0.6) is 0 Å². The number of rotatable bonds is 4. The van der Waals surface area contributed by atoms with Gasteiger partial charge in [-0.05, 0) is 13.8 Å². The van der Waals surface area contributed by atoms with Crippen molar-refractivity contribution in [2.75, 3.05) is 13.1 Å². The van der Waals surface area contributed by atoms with Crippen molar-refractivity contribution in [2.45, 2.75) is 26.3 Å². The average Bonchev–Trinajstić information content (AvgIpc) is 2.38. The minimum atomic E-state index is -0.285. The Hall–Kier alpha value is -1.39. The maximum Gasteiger partial charge on any atom is 0.327 e.